The van der Waals surface area contributed by atoms with E-state index in [0.717, 1.165) is 18.4 Å². The van der Waals surface area contributed by atoms with Gasteiger partial charge in [-0.05, 0) is 43.5 Å². The fourth-order valence-electron chi connectivity index (χ4n) is 2.90. The maximum Gasteiger partial charge on any atom is 0.277 e. The predicted octanol–water partition coefficient (Wildman–Crippen LogP) is 3.70. The Morgan fingerprint density at radius 2 is 2.17 bits per heavy atom. The number of pyridine rings is 1. The van der Waals surface area contributed by atoms with Crippen LogP contribution in [0.1, 0.15) is 41.9 Å². The molecule has 1 atom stereocenters. The van der Waals surface area contributed by atoms with Crippen molar-refractivity contribution in [1.82, 2.24) is 14.9 Å². The Hall–Kier alpha value is -2.89. The molecule has 24 heavy (non-hydrogen) atoms. The molecule has 0 N–H and O–H groups in total. The zero-order valence-electron chi connectivity index (χ0n) is 13.3. The lowest BCUT2D eigenvalue weighted by Crippen LogP contribution is -2.36. The Kier molecular flexibility index (Phi) is 3.65. The van der Waals surface area contributed by atoms with Crippen molar-refractivity contribution in [3.63, 3.8) is 0 Å². The van der Waals surface area contributed by atoms with E-state index in [1.807, 2.05) is 24.0 Å². The Morgan fingerprint density at radius 3 is 2.83 bits per heavy atom. The maximum absolute atomic E-state index is 13.2. The number of furan rings is 1. The monoisotopic (exact) mass is 323 g/mol. The van der Waals surface area contributed by atoms with Crippen molar-refractivity contribution < 1.29 is 13.6 Å². The van der Waals surface area contributed by atoms with Crippen LogP contribution in [0.3, 0.4) is 0 Å². The van der Waals surface area contributed by atoms with E-state index < -0.39 is 0 Å². The van der Waals surface area contributed by atoms with Crippen molar-refractivity contribution in [2.45, 2.75) is 31.8 Å². The van der Waals surface area contributed by atoms with Gasteiger partial charge in [-0.25, -0.2) is 4.98 Å². The fraction of sp³-hybridized carbons (Fsp3) is 0.278. The molecule has 3 aromatic heterocycles. The number of carbonyl (C=O) groups is 1. The third-order valence-electron chi connectivity index (χ3n) is 4.27. The van der Waals surface area contributed by atoms with Gasteiger partial charge >= 0.3 is 0 Å². The Morgan fingerprint density at radius 1 is 1.29 bits per heavy atom. The lowest BCUT2D eigenvalue weighted by molar-refractivity contribution is 0.0668. The standard InChI is InChI=1S/C18H17N3O3/c1-12(13-4-2-8-19-10-13)21(14-6-7-14)18(22)16-17(24-11-20-16)15-5-3-9-23-15/h2-5,8-12,14H,6-7H2,1H3. The molecule has 1 fully saturated rings. The van der Waals surface area contributed by atoms with Crippen LogP contribution in [-0.2, 0) is 0 Å². The van der Waals surface area contributed by atoms with Gasteiger partial charge in [0.1, 0.15) is 0 Å². The first-order valence-corrected chi connectivity index (χ1v) is 7.95. The van der Waals surface area contributed by atoms with Gasteiger partial charge in [-0.3, -0.25) is 9.78 Å². The summed E-state index contributed by atoms with van der Waals surface area (Å²) in [4.78, 5) is 23.3. The minimum Gasteiger partial charge on any atom is -0.461 e. The molecule has 0 spiro atoms. The summed E-state index contributed by atoms with van der Waals surface area (Å²) in [5, 5.41) is 0. The average Bonchev–Trinajstić information content (AvgIpc) is 3.11. The van der Waals surface area contributed by atoms with E-state index in [1.165, 1.54) is 6.39 Å². The first kappa shape index (κ1) is 14.7. The first-order valence-electron chi connectivity index (χ1n) is 7.95. The molecule has 3 heterocycles. The third-order valence-corrected chi connectivity index (χ3v) is 4.27. The molecule has 4 rings (SSSR count). The van der Waals surface area contributed by atoms with Crippen molar-refractivity contribution in [3.05, 3.63) is 60.6 Å². The largest absolute Gasteiger partial charge is 0.461 e. The Balaban J connectivity index is 1.68. The second kappa shape index (κ2) is 5.96. The zero-order valence-corrected chi connectivity index (χ0v) is 13.3. The van der Waals surface area contributed by atoms with Gasteiger partial charge < -0.3 is 13.7 Å². The molecule has 6 nitrogen and oxygen atoms in total. The highest BCUT2D eigenvalue weighted by molar-refractivity contribution is 5.97. The average molecular weight is 323 g/mol. The number of amides is 1. The maximum atomic E-state index is 13.2. The van der Waals surface area contributed by atoms with Gasteiger partial charge in [-0.1, -0.05) is 6.07 Å². The highest BCUT2D eigenvalue weighted by Gasteiger charge is 2.39. The molecule has 1 saturated carbocycles. The highest BCUT2D eigenvalue weighted by atomic mass is 16.4. The summed E-state index contributed by atoms with van der Waals surface area (Å²) in [7, 11) is 0. The van der Waals surface area contributed by atoms with Crippen LogP contribution >= 0.6 is 0 Å². The van der Waals surface area contributed by atoms with Crippen LogP contribution in [0.25, 0.3) is 11.5 Å². The topological polar surface area (TPSA) is 72.4 Å². The Bertz CT molecular complexity index is 822. The molecular formula is C18H17N3O3. The van der Waals surface area contributed by atoms with Gasteiger partial charge in [0.15, 0.2) is 17.8 Å². The summed E-state index contributed by atoms with van der Waals surface area (Å²) in [6, 6.07) is 7.52. The number of hydrogen-bond donors (Lipinski definition) is 0. The van der Waals surface area contributed by atoms with Gasteiger partial charge in [0.05, 0.1) is 12.3 Å². The number of hydrogen-bond acceptors (Lipinski definition) is 5. The van der Waals surface area contributed by atoms with Gasteiger partial charge in [-0.2, -0.15) is 0 Å². The number of carbonyl (C=O) groups excluding carboxylic acids is 1. The molecular weight excluding hydrogens is 306 g/mol. The summed E-state index contributed by atoms with van der Waals surface area (Å²) in [5.41, 5.74) is 1.29. The molecule has 0 saturated heterocycles. The SMILES string of the molecule is CC(c1cccnc1)N(C(=O)c1ncoc1-c1ccco1)C1CC1. The predicted molar refractivity (Wildman–Crippen MR) is 86.0 cm³/mol. The van der Waals surface area contributed by atoms with Gasteiger partial charge in [0.2, 0.25) is 5.76 Å². The minimum absolute atomic E-state index is 0.0835. The lowest BCUT2D eigenvalue weighted by atomic mass is 10.1. The second-order valence-corrected chi connectivity index (χ2v) is 5.91. The normalized spacial score (nSPS) is 15.2. The molecule has 0 aromatic carbocycles. The van der Waals surface area contributed by atoms with Gasteiger partial charge in [-0.15, -0.1) is 0 Å². The molecule has 6 heteroatoms. The summed E-state index contributed by atoms with van der Waals surface area (Å²) in [5.74, 6) is 0.726. The van der Waals surface area contributed by atoms with E-state index in [-0.39, 0.29) is 23.7 Å². The van der Waals surface area contributed by atoms with Crippen molar-refractivity contribution >= 4 is 5.91 Å². The van der Waals surface area contributed by atoms with E-state index in [9.17, 15) is 4.79 Å². The van der Waals surface area contributed by atoms with E-state index in [2.05, 4.69) is 9.97 Å². The first-order chi connectivity index (χ1) is 11.8. The Labute approximate surface area is 139 Å². The van der Waals surface area contributed by atoms with Crippen LogP contribution in [-0.4, -0.2) is 26.8 Å². The van der Waals surface area contributed by atoms with Crippen molar-refractivity contribution in [3.8, 4) is 11.5 Å². The quantitative estimate of drug-likeness (QED) is 0.716. The smallest absolute Gasteiger partial charge is 0.277 e. The van der Waals surface area contributed by atoms with Crippen molar-refractivity contribution in [2.75, 3.05) is 0 Å². The molecule has 1 aliphatic carbocycles. The second-order valence-electron chi connectivity index (χ2n) is 5.91. The molecule has 0 bridgehead atoms. The third kappa shape index (κ3) is 2.60. The van der Waals surface area contributed by atoms with Gasteiger partial charge in [0, 0.05) is 18.4 Å². The molecule has 0 radical (unpaired) electrons. The summed E-state index contributed by atoms with van der Waals surface area (Å²) >= 11 is 0. The molecule has 122 valence electrons. The van der Waals surface area contributed by atoms with Crippen molar-refractivity contribution in [2.24, 2.45) is 0 Å². The summed E-state index contributed by atoms with van der Waals surface area (Å²) in [6.45, 7) is 2.01. The van der Waals surface area contributed by atoms with Crippen LogP contribution in [0, 0.1) is 0 Å². The van der Waals surface area contributed by atoms with E-state index in [0.29, 0.717) is 11.5 Å². The van der Waals surface area contributed by atoms with Crippen molar-refractivity contribution in [1.29, 1.82) is 0 Å². The van der Waals surface area contributed by atoms with E-state index in [1.54, 1.807) is 30.8 Å². The molecule has 0 aliphatic heterocycles. The lowest BCUT2D eigenvalue weighted by Gasteiger charge is -2.29. The van der Waals surface area contributed by atoms with Crippen LogP contribution in [0.5, 0.6) is 0 Å². The zero-order chi connectivity index (χ0) is 16.5. The molecule has 1 unspecified atom stereocenters. The fourth-order valence-corrected chi connectivity index (χ4v) is 2.90. The van der Waals surface area contributed by atoms with Crippen LogP contribution in [0.4, 0.5) is 0 Å². The minimum atomic E-state index is -0.144. The number of aromatic nitrogens is 2. The number of oxazole rings is 1. The van der Waals surface area contributed by atoms with E-state index >= 15 is 0 Å². The summed E-state index contributed by atoms with van der Waals surface area (Å²) < 4.78 is 10.8. The van der Waals surface area contributed by atoms with Crippen LogP contribution in [0.2, 0.25) is 0 Å². The number of rotatable bonds is 5. The van der Waals surface area contributed by atoms with Crippen LogP contribution < -0.4 is 0 Å². The summed E-state index contributed by atoms with van der Waals surface area (Å²) in [6.07, 6.45) is 8.36. The molecule has 1 amide bonds. The highest BCUT2D eigenvalue weighted by Crippen LogP contribution is 2.36. The number of nitrogens with zero attached hydrogens (tertiary/aromatic N) is 3. The molecule has 1 aliphatic rings. The van der Waals surface area contributed by atoms with Gasteiger partial charge in [0.25, 0.3) is 5.91 Å². The molecule has 3 aromatic rings. The van der Waals surface area contributed by atoms with E-state index in [4.69, 9.17) is 8.83 Å². The van der Waals surface area contributed by atoms with Crippen LogP contribution in [0.15, 0.2) is 58.2 Å².